The molecule has 0 atom stereocenters. The van der Waals surface area contributed by atoms with Gasteiger partial charge in [0, 0.05) is 6.42 Å². The number of thiophene rings is 1. The first-order valence-electron chi connectivity index (χ1n) is 6.24. The highest BCUT2D eigenvalue weighted by Gasteiger charge is 2.16. The zero-order chi connectivity index (χ0) is 13.9. The van der Waals surface area contributed by atoms with Gasteiger partial charge < -0.3 is 15.0 Å². The van der Waals surface area contributed by atoms with Gasteiger partial charge in [-0.3, -0.25) is 9.59 Å². The average molecular weight is 291 g/mol. The van der Waals surface area contributed by atoms with Crippen LogP contribution in [0.1, 0.15) is 26.8 Å². The molecule has 2 aromatic rings. The van der Waals surface area contributed by atoms with Crippen molar-refractivity contribution in [2.75, 3.05) is 6.61 Å². The van der Waals surface area contributed by atoms with Gasteiger partial charge in [-0.2, -0.15) is 0 Å². The first-order chi connectivity index (χ1) is 9.74. The largest absolute Gasteiger partial charge is 0.376 e. The van der Waals surface area contributed by atoms with E-state index in [1.54, 1.807) is 6.07 Å². The second-order valence-corrected chi connectivity index (χ2v) is 5.35. The summed E-state index contributed by atoms with van der Waals surface area (Å²) in [5.74, 6) is 0.309. The van der Waals surface area contributed by atoms with Crippen molar-refractivity contribution in [2.24, 2.45) is 0 Å². The lowest BCUT2D eigenvalue weighted by Gasteiger charge is -2.15. The van der Waals surface area contributed by atoms with Crippen molar-refractivity contribution in [3.8, 4) is 0 Å². The van der Waals surface area contributed by atoms with Crippen LogP contribution in [0.15, 0.2) is 22.3 Å². The number of rotatable bonds is 3. The number of carbonyl (C=O) groups is 1. The van der Waals surface area contributed by atoms with E-state index in [9.17, 15) is 9.59 Å². The Hall–Kier alpha value is -1.99. The molecule has 3 heterocycles. The number of H-pyrrole nitrogens is 1. The number of ether oxygens (including phenoxy) is 1. The summed E-state index contributed by atoms with van der Waals surface area (Å²) in [7, 11) is 0. The normalized spacial score (nSPS) is 13.8. The van der Waals surface area contributed by atoms with Gasteiger partial charge in [-0.05, 0) is 11.4 Å². The van der Waals surface area contributed by atoms with Gasteiger partial charge in [0.15, 0.2) is 0 Å². The summed E-state index contributed by atoms with van der Waals surface area (Å²) in [5.41, 5.74) is 1.17. The predicted octanol–water partition coefficient (Wildman–Crippen LogP) is 0.834. The van der Waals surface area contributed by atoms with Gasteiger partial charge in [0.25, 0.3) is 11.5 Å². The minimum Gasteiger partial charge on any atom is -0.376 e. The Morgan fingerprint density at radius 1 is 1.55 bits per heavy atom. The first-order valence-corrected chi connectivity index (χ1v) is 7.12. The zero-order valence-electron chi connectivity index (χ0n) is 10.6. The predicted molar refractivity (Wildman–Crippen MR) is 73.7 cm³/mol. The molecule has 2 N–H and O–H groups in total. The van der Waals surface area contributed by atoms with Gasteiger partial charge in [-0.1, -0.05) is 6.07 Å². The molecular formula is C13H13N3O3S. The van der Waals surface area contributed by atoms with E-state index in [4.69, 9.17) is 4.74 Å². The molecule has 2 aromatic heterocycles. The van der Waals surface area contributed by atoms with Crippen molar-refractivity contribution >= 4 is 17.2 Å². The lowest BCUT2D eigenvalue weighted by atomic mass is 10.1. The number of aromatic amines is 1. The third kappa shape index (κ3) is 2.63. The summed E-state index contributed by atoms with van der Waals surface area (Å²) < 4.78 is 5.24. The summed E-state index contributed by atoms with van der Waals surface area (Å²) in [4.78, 5) is 31.4. The zero-order valence-corrected chi connectivity index (χ0v) is 11.5. The minimum atomic E-state index is -0.185. The SMILES string of the molecule is O=C(NCc1nc2c(c(=O)[nH]1)COCC2)c1cccs1. The number of nitrogens with one attached hydrogen (secondary N) is 2. The monoisotopic (exact) mass is 291 g/mol. The molecule has 1 aliphatic heterocycles. The number of hydrogen-bond acceptors (Lipinski definition) is 5. The van der Waals surface area contributed by atoms with Crippen LogP contribution in [0.25, 0.3) is 0 Å². The quantitative estimate of drug-likeness (QED) is 0.877. The van der Waals surface area contributed by atoms with Crippen LogP contribution in [0.2, 0.25) is 0 Å². The number of hydrogen-bond donors (Lipinski definition) is 2. The van der Waals surface area contributed by atoms with Crippen molar-refractivity contribution in [3.05, 3.63) is 49.8 Å². The molecule has 104 valence electrons. The van der Waals surface area contributed by atoms with Crippen LogP contribution < -0.4 is 10.9 Å². The highest BCUT2D eigenvalue weighted by atomic mass is 32.1. The Labute approximate surface area is 118 Å². The van der Waals surface area contributed by atoms with Gasteiger partial charge in [0.05, 0.1) is 35.9 Å². The topological polar surface area (TPSA) is 84.1 Å². The minimum absolute atomic E-state index is 0.163. The fourth-order valence-electron chi connectivity index (χ4n) is 2.04. The Kier molecular flexibility index (Phi) is 3.62. The Morgan fingerprint density at radius 2 is 2.45 bits per heavy atom. The van der Waals surface area contributed by atoms with Crippen LogP contribution in [-0.4, -0.2) is 22.5 Å². The summed E-state index contributed by atoms with van der Waals surface area (Å²) in [6.45, 7) is 1.09. The molecule has 0 saturated carbocycles. The molecular weight excluding hydrogens is 278 g/mol. The third-order valence-corrected chi connectivity index (χ3v) is 3.91. The van der Waals surface area contributed by atoms with Crippen LogP contribution in [0.5, 0.6) is 0 Å². The summed E-state index contributed by atoms with van der Waals surface area (Å²) >= 11 is 1.37. The number of aromatic nitrogens is 2. The fraction of sp³-hybridized carbons (Fsp3) is 0.308. The highest BCUT2D eigenvalue weighted by molar-refractivity contribution is 7.12. The van der Waals surface area contributed by atoms with Gasteiger partial charge in [0.2, 0.25) is 0 Å². The standard InChI is InChI=1S/C13H13N3O3S/c17-12-8-7-19-4-3-9(8)15-11(16-12)6-14-13(18)10-2-1-5-20-10/h1-2,5H,3-4,6-7H2,(H,14,18)(H,15,16,17). The van der Waals surface area contributed by atoms with Gasteiger partial charge in [-0.25, -0.2) is 4.98 Å². The Bertz CT molecular complexity index is 679. The third-order valence-electron chi connectivity index (χ3n) is 3.04. The first kappa shape index (κ1) is 13.0. The molecule has 1 aliphatic rings. The van der Waals surface area contributed by atoms with Crippen LogP contribution in [0.3, 0.4) is 0 Å². The smallest absolute Gasteiger partial charge is 0.261 e. The van der Waals surface area contributed by atoms with Gasteiger partial charge in [-0.15, -0.1) is 11.3 Å². The van der Waals surface area contributed by atoms with Crippen LogP contribution >= 0.6 is 11.3 Å². The molecule has 1 amide bonds. The van der Waals surface area contributed by atoms with E-state index in [-0.39, 0.29) is 18.0 Å². The average Bonchev–Trinajstić information content (AvgIpc) is 2.99. The van der Waals surface area contributed by atoms with Crippen molar-refractivity contribution in [1.82, 2.24) is 15.3 Å². The van der Waals surface area contributed by atoms with E-state index >= 15 is 0 Å². The molecule has 20 heavy (non-hydrogen) atoms. The molecule has 3 rings (SSSR count). The molecule has 7 heteroatoms. The van der Waals surface area contributed by atoms with Crippen LogP contribution in [-0.2, 0) is 24.3 Å². The van der Waals surface area contributed by atoms with Gasteiger partial charge in [0.1, 0.15) is 5.82 Å². The molecule has 0 aliphatic carbocycles. The van der Waals surface area contributed by atoms with Crippen LogP contribution in [0.4, 0.5) is 0 Å². The van der Waals surface area contributed by atoms with E-state index in [2.05, 4.69) is 15.3 Å². The summed E-state index contributed by atoms with van der Waals surface area (Å²) in [5, 5.41) is 4.58. The van der Waals surface area contributed by atoms with Crippen molar-refractivity contribution in [2.45, 2.75) is 19.6 Å². The number of fused-ring (bicyclic) bond motifs is 1. The van der Waals surface area contributed by atoms with E-state index in [0.717, 1.165) is 5.69 Å². The van der Waals surface area contributed by atoms with Crippen LogP contribution in [0, 0.1) is 0 Å². The molecule has 6 nitrogen and oxygen atoms in total. The molecule has 0 fully saturated rings. The lowest BCUT2D eigenvalue weighted by molar-refractivity contribution is 0.0952. The maximum Gasteiger partial charge on any atom is 0.261 e. The molecule has 0 bridgehead atoms. The number of nitrogens with zero attached hydrogens (tertiary/aromatic N) is 1. The van der Waals surface area contributed by atoms with Crippen molar-refractivity contribution in [3.63, 3.8) is 0 Å². The molecule has 0 spiro atoms. The van der Waals surface area contributed by atoms with Gasteiger partial charge >= 0.3 is 0 Å². The second-order valence-electron chi connectivity index (χ2n) is 4.40. The van der Waals surface area contributed by atoms with E-state index < -0.39 is 0 Å². The highest BCUT2D eigenvalue weighted by Crippen LogP contribution is 2.10. The molecule has 0 radical (unpaired) electrons. The summed E-state index contributed by atoms with van der Waals surface area (Å²) in [6.07, 6.45) is 0.630. The lowest BCUT2D eigenvalue weighted by Crippen LogP contribution is -2.29. The maximum atomic E-state index is 11.9. The van der Waals surface area contributed by atoms with E-state index in [1.807, 2.05) is 11.4 Å². The maximum absolute atomic E-state index is 11.9. The molecule has 0 unspecified atom stereocenters. The fourth-order valence-corrected chi connectivity index (χ4v) is 2.68. The van der Waals surface area contributed by atoms with Crippen molar-refractivity contribution in [1.29, 1.82) is 0 Å². The number of carbonyl (C=O) groups excluding carboxylic acids is 1. The van der Waals surface area contributed by atoms with Crippen molar-refractivity contribution < 1.29 is 9.53 Å². The molecule has 0 aromatic carbocycles. The number of amides is 1. The second kappa shape index (κ2) is 5.56. The summed E-state index contributed by atoms with van der Waals surface area (Å²) in [6, 6.07) is 3.57. The van der Waals surface area contributed by atoms with E-state index in [1.165, 1.54) is 11.3 Å². The molecule has 0 saturated heterocycles. The Morgan fingerprint density at radius 3 is 3.25 bits per heavy atom. The van der Waals surface area contributed by atoms with E-state index in [0.29, 0.717) is 35.9 Å². The Balaban J connectivity index is 1.73.